The minimum absolute atomic E-state index is 0.365. The van der Waals surface area contributed by atoms with Gasteiger partial charge in [0.1, 0.15) is 6.61 Å². The Bertz CT molecular complexity index is 439. The predicted octanol–water partition coefficient (Wildman–Crippen LogP) is 3.24. The van der Waals surface area contributed by atoms with E-state index in [0.29, 0.717) is 11.1 Å². The van der Waals surface area contributed by atoms with Crippen molar-refractivity contribution in [2.75, 3.05) is 0 Å². The van der Waals surface area contributed by atoms with Crippen LogP contribution in [0.2, 0.25) is 0 Å². The molecule has 0 atom stereocenters. The smallest absolute Gasteiger partial charge is 0.456 e. The summed E-state index contributed by atoms with van der Waals surface area (Å²) in [5.41, 5.74) is 0.990. The van der Waals surface area contributed by atoms with Crippen molar-refractivity contribution in [2.45, 2.75) is 25.6 Å². The molecule has 0 amide bonds. The van der Waals surface area contributed by atoms with E-state index in [2.05, 4.69) is 4.74 Å². The number of ether oxygens (including phenoxy) is 1. The first-order chi connectivity index (χ1) is 8.16. The maximum absolute atomic E-state index is 12.5. The van der Waals surface area contributed by atoms with Crippen LogP contribution in [0.25, 0.3) is 0 Å². The van der Waals surface area contributed by atoms with Gasteiger partial charge in [-0.3, -0.25) is 0 Å². The van der Waals surface area contributed by atoms with Gasteiger partial charge in [-0.25, -0.2) is 4.79 Å². The molecular weight excluding hydrogens is 259 g/mol. The lowest BCUT2D eigenvalue weighted by atomic mass is 10.1. The minimum Gasteiger partial charge on any atom is -0.456 e. The molecule has 0 radical (unpaired) electrons. The van der Waals surface area contributed by atoms with Crippen LogP contribution < -0.4 is 0 Å². The molecule has 1 aromatic carbocycles. The summed E-state index contributed by atoms with van der Waals surface area (Å²) in [4.78, 5) is 10.7. The van der Waals surface area contributed by atoms with Crippen LogP contribution in [0.3, 0.4) is 0 Å². The molecule has 0 aliphatic carbocycles. The van der Waals surface area contributed by atoms with Gasteiger partial charge in [0.15, 0.2) is 0 Å². The Labute approximate surface area is 99.4 Å². The van der Waals surface area contributed by atoms with Crippen LogP contribution >= 0.6 is 0 Å². The van der Waals surface area contributed by atoms with Gasteiger partial charge >= 0.3 is 18.1 Å². The lowest BCUT2D eigenvalue weighted by Crippen LogP contribution is -2.45. The zero-order valence-electron chi connectivity index (χ0n) is 9.22. The van der Waals surface area contributed by atoms with E-state index in [4.69, 9.17) is 0 Å². The number of carbonyl (C=O) groups excluding carboxylic acids is 1. The van der Waals surface area contributed by atoms with Gasteiger partial charge in [-0.15, -0.1) is 0 Å². The van der Waals surface area contributed by atoms with Crippen molar-refractivity contribution in [3.05, 3.63) is 35.4 Å². The molecule has 1 aromatic rings. The number of halogens is 5. The second-order valence-corrected chi connectivity index (χ2v) is 3.57. The van der Waals surface area contributed by atoms with Gasteiger partial charge in [0.25, 0.3) is 0 Å². The van der Waals surface area contributed by atoms with Gasteiger partial charge in [0.05, 0.1) is 0 Å². The highest BCUT2D eigenvalue weighted by atomic mass is 19.4. The summed E-state index contributed by atoms with van der Waals surface area (Å²) in [6, 6.07) is 6.29. The average molecular weight is 268 g/mol. The summed E-state index contributed by atoms with van der Waals surface area (Å²) >= 11 is 0. The standard InChI is InChI=1S/C11H9F5O2/c1-7-4-2-3-5-8(7)6-18-9(17)10(12,13)11(14,15)16/h2-5H,6H2,1H3. The lowest BCUT2D eigenvalue weighted by Gasteiger charge is -2.18. The summed E-state index contributed by atoms with van der Waals surface area (Å²) in [6.07, 6.45) is -5.95. The summed E-state index contributed by atoms with van der Waals surface area (Å²) in [5.74, 6) is -8.09. The second-order valence-electron chi connectivity index (χ2n) is 3.57. The van der Waals surface area contributed by atoms with Crippen molar-refractivity contribution in [3.63, 3.8) is 0 Å². The highest BCUT2D eigenvalue weighted by Crippen LogP contribution is 2.36. The van der Waals surface area contributed by atoms with E-state index in [1.165, 1.54) is 6.07 Å². The molecule has 0 heterocycles. The van der Waals surface area contributed by atoms with E-state index >= 15 is 0 Å². The molecule has 1 rings (SSSR count). The number of hydrogen-bond donors (Lipinski definition) is 0. The quantitative estimate of drug-likeness (QED) is 0.621. The molecule has 2 nitrogen and oxygen atoms in total. The normalized spacial score (nSPS) is 12.3. The fourth-order valence-electron chi connectivity index (χ4n) is 1.12. The first-order valence-corrected chi connectivity index (χ1v) is 4.82. The van der Waals surface area contributed by atoms with E-state index in [1.807, 2.05) is 0 Å². The van der Waals surface area contributed by atoms with Crippen molar-refractivity contribution >= 4 is 5.97 Å². The fourth-order valence-corrected chi connectivity index (χ4v) is 1.12. The Kier molecular flexibility index (Phi) is 3.93. The molecule has 0 bridgehead atoms. The van der Waals surface area contributed by atoms with E-state index in [1.54, 1.807) is 25.1 Å². The predicted molar refractivity (Wildman–Crippen MR) is 52.0 cm³/mol. The van der Waals surface area contributed by atoms with E-state index in [9.17, 15) is 26.7 Å². The maximum atomic E-state index is 12.5. The molecule has 0 aliphatic heterocycles. The number of aryl methyl sites for hydroxylation is 1. The number of benzene rings is 1. The van der Waals surface area contributed by atoms with Crippen LogP contribution in [0, 0.1) is 6.92 Å². The number of hydrogen-bond acceptors (Lipinski definition) is 2. The minimum atomic E-state index is -5.95. The summed E-state index contributed by atoms with van der Waals surface area (Å²) in [5, 5.41) is 0. The monoisotopic (exact) mass is 268 g/mol. The molecule has 0 saturated carbocycles. The molecule has 0 spiro atoms. The van der Waals surface area contributed by atoms with Crippen molar-refractivity contribution in [1.29, 1.82) is 0 Å². The third-order valence-electron chi connectivity index (χ3n) is 2.23. The Hall–Kier alpha value is -1.66. The number of carbonyl (C=O) groups is 1. The lowest BCUT2D eigenvalue weighted by molar-refractivity contribution is -0.281. The highest BCUT2D eigenvalue weighted by Gasteiger charge is 2.64. The van der Waals surface area contributed by atoms with Gasteiger partial charge < -0.3 is 4.74 Å². The third-order valence-corrected chi connectivity index (χ3v) is 2.23. The van der Waals surface area contributed by atoms with Crippen LogP contribution in [0.1, 0.15) is 11.1 Å². The molecule has 0 fully saturated rings. The van der Waals surface area contributed by atoms with Crippen LogP contribution in [-0.4, -0.2) is 18.1 Å². The van der Waals surface area contributed by atoms with Crippen molar-refractivity contribution < 1.29 is 31.5 Å². The molecular formula is C11H9F5O2. The van der Waals surface area contributed by atoms with Gasteiger partial charge in [-0.1, -0.05) is 24.3 Å². The third kappa shape index (κ3) is 2.96. The molecule has 0 saturated heterocycles. The highest BCUT2D eigenvalue weighted by molar-refractivity contribution is 5.78. The van der Waals surface area contributed by atoms with Crippen molar-refractivity contribution in [1.82, 2.24) is 0 Å². The number of esters is 1. The summed E-state index contributed by atoms with van der Waals surface area (Å²) < 4.78 is 64.6. The second kappa shape index (κ2) is 4.91. The molecule has 0 unspecified atom stereocenters. The molecule has 7 heteroatoms. The molecule has 0 N–H and O–H groups in total. The number of alkyl halides is 5. The van der Waals surface area contributed by atoms with Gasteiger partial charge in [-0.05, 0) is 18.1 Å². The van der Waals surface area contributed by atoms with Crippen LogP contribution in [0.15, 0.2) is 24.3 Å². The van der Waals surface area contributed by atoms with E-state index in [0.717, 1.165) is 0 Å². The van der Waals surface area contributed by atoms with Crippen LogP contribution in [-0.2, 0) is 16.1 Å². The summed E-state index contributed by atoms with van der Waals surface area (Å²) in [6.45, 7) is 0.988. The first kappa shape index (κ1) is 14.4. The van der Waals surface area contributed by atoms with Crippen LogP contribution in [0.5, 0.6) is 0 Å². The molecule has 0 aromatic heterocycles. The molecule has 0 aliphatic rings. The zero-order chi connectivity index (χ0) is 14.0. The van der Waals surface area contributed by atoms with Gasteiger partial charge in [0, 0.05) is 0 Å². The van der Waals surface area contributed by atoms with Gasteiger partial charge in [-0.2, -0.15) is 22.0 Å². The number of rotatable bonds is 3. The largest absolute Gasteiger partial charge is 0.465 e. The summed E-state index contributed by atoms with van der Waals surface area (Å²) in [7, 11) is 0. The van der Waals surface area contributed by atoms with Gasteiger partial charge in [0.2, 0.25) is 0 Å². The topological polar surface area (TPSA) is 26.3 Å². The van der Waals surface area contributed by atoms with E-state index < -0.39 is 24.7 Å². The van der Waals surface area contributed by atoms with Crippen molar-refractivity contribution in [3.8, 4) is 0 Å². The maximum Gasteiger partial charge on any atom is 0.465 e. The molecule has 18 heavy (non-hydrogen) atoms. The van der Waals surface area contributed by atoms with Crippen LogP contribution in [0.4, 0.5) is 22.0 Å². The SMILES string of the molecule is Cc1ccccc1COC(=O)C(F)(F)C(F)(F)F. The Morgan fingerprint density at radius 3 is 2.22 bits per heavy atom. The van der Waals surface area contributed by atoms with E-state index in [-0.39, 0.29) is 0 Å². The zero-order valence-corrected chi connectivity index (χ0v) is 9.22. The Morgan fingerprint density at radius 1 is 1.17 bits per heavy atom. The van der Waals surface area contributed by atoms with Crippen molar-refractivity contribution in [2.24, 2.45) is 0 Å². The molecule has 100 valence electrons. The average Bonchev–Trinajstić information content (AvgIpc) is 2.26. The first-order valence-electron chi connectivity index (χ1n) is 4.82. The Morgan fingerprint density at radius 2 is 1.72 bits per heavy atom. The Balaban J connectivity index is 2.71. The fraction of sp³-hybridized carbons (Fsp3) is 0.364.